The Morgan fingerprint density at radius 1 is 1.40 bits per heavy atom. The quantitative estimate of drug-likeness (QED) is 0.526. The third-order valence-corrected chi connectivity index (χ3v) is 1.51. The Morgan fingerprint density at radius 2 is 1.90 bits per heavy atom. The minimum absolute atomic E-state index is 0.0839. The van der Waals surface area contributed by atoms with Crippen LogP contribution in [0.15, 0.2) is 12.2 Å². The van der Waals surface area contributed by atoms with Gasteiger partial charge in [0, 0.05) is 6.54 Å². The highest BCUT2D eigenvalue weighted by atomic mass is 16.2. The van der Waals surface area contributed by atoms with Crippen molar-refractivity contribution < 1.29 is 9.59 Å². The van der Waals surface area contributed by atoms with Crippen LogP contribution in [0.3, 0.4) is 0 Å². The molecule has 0 fully saturated rings. The maximum absolute atomic E-state index is 10.8. The van der Waals surface area contributed by atoms with Crippen LogP contribution in [-0.4, -0.2) is 25.2 Å². The van der Waals surface area contributed by atoms with Crippen LogP contribution < -0.4 is 5.32 Å². The smallest absolute Gasteiger partial charge is 0.167 e. The summed E-state index contributed by atoms with van der Waals surface area (Å²) < 4.78 is 0. The predicted molar refractivity (Wildman–Crippen MR) is 36.6 cm³/mol. The molecule has 1 aliphatic rings. The van der Waals surface area contributed by atoms with Gasteiger partial charge in [0.25, 0.3) is 0 Å². The Hall–Kier alpha value is -0.960. The van der Waals surface area contributed by atoms with Crippen molar-refractivity contribution in [1.82, 2.24) is 5.32 Å². The summed E-state index contributed by atoms with van der Waals surface area (Å²) in [7, 11) is 1.72. The van der Waals surface area contributed by atoms with Crippen LogP contribution in [0.4, 0.5) is 0 Å². The normalized spacial score (nSPS) is 18.9. The summed E-state index contributed by atoms with van der Waals surface area (Å²) in [5, 5.41) is 2.79. The van der Waals surface area contributed by atoms with E-state index in [0.29, 0.717) is 6.54 Å². The molecule has 0 saturated heterocycles. The van der Waals surface area contributed by atoms with Gasteiger partial charge >= 0.3 is 0 Å². The van der Waals surface area contributed by atoms with E-state index >= 15 is 0 Å². The van der Waals surface area contributed by atoms with Crippen molar-refractivity contribution in [2.45, 2.75) is 0 Å². The zero-order valence-corrected chi connectivity index (χ0v) is 5.76. The first-order valence-corrected chi connectivity index (χ1v) is 3.16. The molecule has 0 aromatic rings. The maximum Gasteiger partial charge on any atom is 0.167 e. The first-order valence-electron chi connectivity index (χ1n) is 3.16. The van der Waals surface area contributed by atoms with Gasteiger partial charge in [-0.1, -0.05) is 0 Å². The Morgan fingerprint density at radius 3 is 2.30 bits per heavy atom. The molecule has 0 radical (unpaired) electrons. The second kappa shape index (κ2) is 2.75. The number of ketones is 2. The molecule has 54 valence electrons. The van der Waals surface area contributed by atoms with Gasteiger partial charge in [-0.25, -0.2) is 0 Å². The van der Waals surface area contributed by atoms with Gasteiger partial charge in [-0.3, -0.25) is 9.59 Å². The monoisotopic (exact) mass is 139 g/mol. The van der Waals surface area contributed by atoms with Crippen LogP contribution in [0.5, 0.6) is 0 Å². The van der Waals surface area contributed by atoms with E-state index < -0.39 is 5.92 Å². The van der Waals surface area contributed by atoms with Crippen molar-refractivity contribution in [3.8, 4) is 0 Å². The van der Waals surface area contributed by atoms with Gasteiger partial charge in [-0.15, -0.1) is 0 Å². The Labute approximate surface area is 59.1 Å². The molecular weight excluding hydrogens is 130 g/mol. The molecule has 0 aliphatic heterocycles. The fourth-order valence-corrected chi connectivity index (χ4v) is 0.942. The highest BCUT2D eigenvalue weighted by Crippen LogP contribution is 2.08. The highest BCUT2D eigenvalue weighted by Gasteiger charge is 2.26. The molecule has 0 saturated carbocycles. The Balaban J connectivity index is 2.60. The molecule has 1 aliphatic carbocycles. The lowest BCUT2D eigenvalue weighted by Crippen LogP contribution is -2.27. The molecular formula is C7H9NO2. The van der Waals surface area contributed by atoms with E-state index in [4.69, 9.17) is 0 Å². The first-order chi connectivity index (χ1) is 4.75. The summed E-state index contributed by atoms with van der Waals surface area (Å²) >= 11 is 0. The molecule has 0 spiro atoms. The van der Waals surface area contributed by atoms with Crippen LogP contribution >= 0.6 is 0 Å². The summed E-state index contributed by atoms with van der Waals surface area (Å²) in [6, 6.07) is 0. The van der Waals surface area contributed by atoms with E-state index in [1.165, 1.54) is 12.2 Å². The fraction of sp³-hybridized carbons (Fsp3) is 0.429. The number of allylic oxidation sites excluding steroid dienone is 2. The molecule has 3 nitrogen and oxygen atoms in total. The summed E-state index contributed by atoms with van der Waals surface area (Å²) in [4.78, 5) is 21.7. The predicted octanol–water partition coefficient (Wildman–Crippen LogP) is -0.470. The number of rotatable bonds is 2. The van der Waals surface area contributed by atoms with E-state index in [2.05, 4.69) is 5.32 Å². The summed E-state index contributed by atoms with van der Waals surface area (Å²) in [5.74, 6) is -0.622. The van der Waals surface area contributed by atoms with Gasteiger partial charge in [-0.2, -0.15) is 0 Å². The number of hydrogen-bond acceptors (Lipinski definition) is 3. The third kappa shape index (κ3) is 1.14. The number of carbonyl (C=O) groups is 2. The summed E-state index contributed by atoms with van der Waals surface area (Å²) in [6.45, 7) is 0.449. The molecule has 1 N–H and O–H groups in total. The molecule has 0 amide bonds. The van der Waals surface area contributed by atoms with E-state index in [1.807, 2.05) is 0 Å². The second-order valence-corrected chi connectivity index (χ2v) is 2.25. The minimum Gasteiger partial charge on any atom is -0.319 e. The SMILES string of the molecule is CNCC1C(=O)C=CC1=O. The van der Waals surface area contributed by atoms with Crippen LogP contribution in [-0.2, 0) is 9.59 Å². The maximum atomic E-state index is 10.8. The molecule has 0 unspecified atom stereocenters. The van der Waals surface area contributed by atoms with Crippen LogP contribution in [0.2, 0.25) is 0 Å². The zero-order chi connectivity index (χ0) is 7.56. The Kier molecular flexibility index (Phi) is 1.97. The van der Waals surface area contributed by atoms with Crippen molar-refractivity contribution in [2.75, 3.05) is 13.6 Å². The molecule has 10 heavy (non-hydrogen) atoms. The Bertz CT molecular complexity index is 178. The molecule has 0 atom stereocenters. The van der Waals surface area contributed by atoms with Gasteiger partial charge < -0.3 is 5.32 Å². The van der Waals surface area contributed by atoms with E-state index in [9.17, 15) is 9.59 Å². The second-order valence-electron chi connectivity index (χ2n) is 2.25. The van der Waals surface area contributed by atoms with Crippen molar-refractivity contribution in [1.29, 1.82) is 0 Å². The molecule has 3 heteroatoms. The fourth-order valence-electron chi connectivity index (χ4n) is 0.942. The standard InChI is InChI=1S/C7H9NO2/c1-8-4-5-6(9)2-3-7(5)10/h2-3,5,8H,4H2,1H3. The van der Waals surface area contributed by atoms with Crippen molar-refractivity contribution in [3.05, 3.63) is 12.2 Å². The minimum atomic E-state index is -0.454. The van der Waals surface area contributed by atoms with E-state index in [-0.39, 0.29) is 11.6 Å². The number of nitrogens with one attached hydrogen (secondary N) is 1. The number of carbonyl (C=O) groups excluding carboxylic acids is 2. The van der Waals surface area contributed by atoms with Gasteiger partial charge in [0.05, 0.1) is 5.92 Å². The molecule has 0 aromatic heterocycles. The summed E-state index contributed by atoms with van der Waals surface area (Å²) in [5.41, 5.74) is 0. The molecule has 0 bridgehead atoms. The lowest BCUT2D eigenvalue weighted by atomic mass is 10.1. The van der Waals surface area contributed by atoms with Crippen molar-refractivity contribution in [2.24, 2.45) is 5.92 Å². The van der Waals surface area contributed by atoms with E-state index in [0.717, 1.165) is 0 Å². The van der Waals surface area contributed by atoms with Crippen LogP contribution in [0.1, 0.15) is 0 Å². The summed E-state index contributed by atoms with van der Waals surface area (Å²) in [6.07, 6.45) is 2.68. The lowest BCUT2D eigenvalue weighted by Gasteiger charge is -2.03. The van der Waals surface area contributed by atoms with Crippen molar-refractivity contribution >= 4 is 11.6 Å². The largest absolute Gasteiger partial charge is 0.319 e. The van der Waals surface area contributed by atoms with Crippen LogP contribution in [0.25, 0.3) is 0 Å². The van der Waals surface area contributed by atoms with E-state index in [1.54, 1.807) is 7.05 Å². The topological polar surface area (TPSA) is 46.2 Å². The first kappa shape index (κ1) is 7.15. The van der Waals surface area contributed by atoms with Crippen molar-refractivity contribution in [3.63, 3.8) is 0 Å². The van der Waals surface area contributed by atoms with Gasteiger partial charge in [-0.05, 0) is 19.2 Å². The number of hydrogen-bond donors (Lipinski definition) is 1. The lowest BCUT2D eigenvalue weighted by molar-refractivity contribution is -0.125. The van der Waals surface area contributed by atoms with Gasteiger partial charge in [0.1, 0.15) is 0 Å². The van der Waals surface area contributed by atoms with Crippen LogP contribution in [0, 0.1) is 5.92 Å². The van der Waals surface area contributed by atoms with Gasteiger partial charge in [0.2, 0.25) is 0 Å². The van der Waals surface area contributed by atoms with Gasteiger partial charge in [0.15, 0.2) is 11.6 Å². The average Bonchev–Trinajstić information content (AvgIpc) is 2.20. The molecule has 1 rings (SSSR count). The highest BCUT2D eigenvalue weighted by molar-refractivity contribution is 6.18. The third-order valence-electron chi connectivity index (χ3n) is 1.51. The zero-order valence-electron chi connectivity index (χ0n) is 5.76. The molecule has 0 aromatic carbocycles. The average molecular weight is 139 g/mol. The molecule has 0 heterocycles.